The Morgan fingerprint density at radius 1 is 1.24 bits per heavy atom. The Bertz CT molecular complexity index is 252. The fraction of sp³-hybridized carbons (Fsp3) is 0.923. The highest BCUT2D eigenvalue weighted by molar-refractivity contribution is 5.78. The molecule has 0 spiro atoms. The van der Waals surface area contributed by atoms with E-state index in [2.05, 4.69) is 10.2 Å². The Kier molecular flexibility index (Phi) is 4.80. The van der Waals surface area contributed by atoms with Gasteiger partial charge in [0.15, 0.2) is 0 Å². The van der Waals surface area contributed by atoms with E-state index in [0.717, 1.165) is 12.5 Å². The second-order valence-electron chi connectivity index (χ2n) is 5.30. The van der Waals surface area contributed by atoms with Crippen LogP contribution in [-0.4, -0.2) is 48.2 Å². The van der Waals surface area contributed by atoms with Gasteiger partial charge in [0.25, 0.3) is 0 Å². The highest BCUT2D eigenvalue weighted by Crippen LogP contribution is 2.35. The lowest BCUT2D eigenvalue weighted by molar-refractivity contribution is -0.122. The van der Waals surface area contributed by atoms with E-state index in [1.54, 1.807) is 0 Å². The number of amides is 1. The van der Waals surface area contributed by atoms with Gasteiger partial charge in [-0.3, -0.25) is 9.69 Å². The van der Waals surface area contributed by atoms with Gasteiger partial charge in [0.1, 0.15) is 0 Å². The molecule has 1 aliphatic carbocycles. The molecule has 4 heteroatoms. The number of aliphatic hydroxyl groups is 1. The van der Waals surface area contributed by atoms with Gasteiger partial charge in [0.2, 0.25) is 5.91 Å². The second-order valence-corrected chi connectivity index (χ2v) is 5.30. The molecule has 1 saturated carbocycles. The third-order valence-electron chi connectivity index (χ3n) is 4.14. The molecule has 2 fully saturated rings. The summed E-state index contributed by atoms with van der Waals surface area (Å²) in [7, 11) is 0. The molecule has 1 saturated heterocycles. The second kappa shape index (κ2) is 6.36. The van der Waals surface area contributed by atoms with Gasteiger partial charge in [-0.25, -0.2) is 0 Å². The maximum absolute atomic E-state index is 11.7. The third-order valence-corrected chi connectivity index (χ3v) is 4.14. The van der Waals surface area contributed by atoms with Crippen LogP contribution < -0.4 is 5.32 Å². The van der Waals surface area contributed by atoms with Gasteiger partial charge in [-0.05, 0) is 38.1 Å². The van der Waals surface area contributed by atoms with Crippen LogP contribution in [0.1, 0.15) is 38.5 Å². The predicted molar refractivity (Wildman–Crippen MR) is 66.6 cm³/mol. The minimum atomic E-state index is 0.0256. The van der Waals surface area contributed by atoms with Crippen LogP contribution >= 0.6 is 0 Å². The fourth-order valence-corrected chi connectivity index (χ4v) is 3.36. The van der Waals surface area contributed by atoms with E-state index < -0.39 is 0 Å². The monoisotopic (exact) mass is 240 g/mol. The lowest BCUT2D eigenvalue weighted by Gasteiger charge is -2.28. The zero-order chi connectivity index (χ0) is 12.1. The SMILES string of the molecule is O=C(CN1CCCC1C1CCCC1)NCCO. The van der Waals surface area contributed by atoms with Crippen molar-refractivity contribution in [3.63, 3.8) is 0 Å². The highest BCUT2D eigenvalue weighted by Gasteiger charge is 2.33. The minimum absolute atomic E-state index is 0.0256. The largest absolute Gasteiger partial charge is 0.395 e. The minimum Gasteiger partial charge on any atom is -0.395 e. The smallest absolute Gasteiger partial charge is 0.234 e. The molecule has 1 aliphatic heterocycles. The maximum atomic E-state index is 11.7. The number of hydrogen-bond acceptors (Lipinski definition) is 3. The molecule has 1 unspecified atom stereocenters. The average molecular weight is 240 g/mol. The molecule has 2 N–H and O–H groups in total. The molecule has 0 aromatic carbocycles. The Morgan fingerprint density at radius 3 is 2.71 bits per heavy atom. The molecular weight excluding hydrogens is 216 g/mol. The first-order valence-corrected chi connectivity index (χ1v) is 6.93. The summed E-state index contributed by atoms with van der Waals surface area (Å²) in [5.41, 5.74) is 0. The van der Waals surface area contributed by atoms with Crippen molar-refractivity contribution in [2.24, 2.45) is 5.92 Å². The Labute approximate surface area is 103 Å². The summed E-state index contributed by atoms with van der Waals surface area (Å²) in [5.74, 6) is 0.882. The number of carbonyl (C=O) groups excluding carboxylic acids is 1. The molecule has 0 aromatic heterocycles. The summed E-state index contributed by atoms with van der Waals surface area (Å²) < 4.78 is 0. The van der Waals surface area contributed by atoms with Crippen LogP contribution in [0.2, 0.25) is 0 Å². The van der Waals surface area contributed by atoms with Gasteiger partial charge >= 0.3 is 0 Å². The summed E-state index contributed by atoms with van der Waals surface area (Å²) in [6, 6.07) is 0.636. The maximum Gasteiger partial charge on any atom is 0.234 e. The quantitative estimate of drug-likeness (QED) is 0.745. The predicted octanol–water partition coefficient (Wildman–Crippen LogP) is 0.750. The molecule has 0 aromatic rings. The molecule has 1 heterocycles. The van der Waals surface area contributed by atoms with Gasteiger partial charge in [-0.2, -0.15) is 0 Å². The molecule has 1 amide bonds. The van der Waals surface area contributed by atoms with Gasteiger partial charge in [-0.1, -0.05) is 12.8 Å². The van der Waals surface area contributed by atoms with Crippen LogP contribution in [0, 0.1) is 5.92 Å². The van der Waals surface area contributed by atoms with Crippen molar-refractivity contribution in [2.45, 2.75) is 44.6 Å². The van der Waals surface area contributed by atoms with Crippen molar-refractivity contribution in [1.29, 1.82) is 0 Å². The van der Waals surface area contributed by atoms with E-state index in [1.807, 2.05) is 0 Å². The number of hydrogen-bond donors (Lipinski definition) is 2. The average Bonchev–Trinajstić information content (AvgIpc) is 2.95. The van der Waals surface area contributed by atoms with Crippen molar-refractivity contribution in [3.8, 4) is 0 Å². The Balaban J connectivity index is 1.80. The first kappa shape index (κ1) is 12.8. The zero-order valence-electron chi connectivity index (χ0n) is 10.5. The molecule has 0 radical (unpaired) electrons. The molecule has 4 nitrogen and oxygen atoms in total. The standard InChI is InChI=1S/C13H24N2O2/c16-9-7-14-13(17)10-15-8-3-6-12(15)11-4-1-2-5-11/h11-12,16H,1-10H2,(H,14,17). The Morgan fingerprint density at radius 2 is 2.00 bits per heavy atom. The number of nitrogens with zero attached hydrogens (tertiary/aromatic N) is 1. The van der Waals surface area contributed by atoms with E-state index in [-0.39, 0.29) is 12.5 Å². The lowest BCUT2D eigenvalue weighted by atomic mass is 9.96. The Hall–Kier alpha value is -0.610. The summed E-state index contributed by atoms with van der Waals surface area (Å²) in [4.78, 5) is 14.0. The number of carbonyl (C=O) groups is 1. The van der Waals surface area contributed by atoms with E-state index in [9.17, 15) is 4.79 Å². The summed E-state index contributed by atoms with van der Waals surface area (Å²) >= 11 is 0. The summed E-state index contributed by atoms with van der Waals surface area (Å²) in [6.07, 6.45) is 7.92. The normalized spacial score (nSPS) is 26.5. The molecule has 2 aliphatic rings. The molecule has 2 rings (SSSR count). The van der Waals surface area contributed by atoms with Crippen LogP contribution in [-0.2, 0) is 4.79 Å². The fourth-order valence-electron chi connectivity index (χ4n) is 3.36. The van der Waals surface area contributed by atoms with E-state index >= 15 is 0 Å². The molecule has 98 valence electrons. The number of likely N-dealkylation sites (tertiary alicyclic amines) is 1. The molecular formula is C13H24N2O2. The summed E-state index contributed by atoms with van der Waals surface area (Å²) in [5, 5.41) is 11.4. The van der Waals surface area contributed by atoms with E-state index in [4.69, 9.17) is 5.11 Å². The number of rotatable bonds is 5. The van der Waals surface area contributed by atoms with Crippen LogP contribution in [0.4, 0.5) is 0 Å². The van der Waals surface area contributed by atoms with E-state index in [0.29, 0.717) is 19.1 Å². The number of aliphatic hydroxyl groups excluding tert-OH is 1. The highest BCUT2D eigenvalue weighted by atomic mass is 16.3. The van der Waals surface area contributed by atoms with Crippen molar-refractivity contribution < 1.29 is 9.90 Å². The molecule has 17 heavy (non-hydrogen) atoms. The van der Waals surface area contributed by atoms with Crippen molar-refractivity contribution in [3.05, 3.63) is 0 Å². The van der Waals surface area contributed by atoms with Crippen molar-refractivity contribution >= 4 is 5.91 Å². The van der Waals surface area contributed by atoms with E-state index in [1.165, 1.54) is 38.5 Å². The van der Waals surface area contributed by atoms with Crippen LogP contribution in [0.3, 0.4) is 0 Å². The van der Waals surface area contributed by atoms with Gasteiger partial charge in [0, 0.05) is 12.6 Å². The van der Waals surface area contributed by atoms with Crippen LogP contribution in [0.25, 0.3) is 0 Å². The van der Waals surface area contributed by atoms with Gasteiger partial charge < -0.3 is 10.4 Å². The first-order chi connectivity index (χ1) is 8.31. The molecule has 0 bridgehead atoms. The third kappa shape index (κ3) is 3.42. The summed E-state index contributed by atoms with van der Waals surface area (Å²) in [6.45, 7) is 1.98. The zero-order valence-corrected chi connectivity index (χ0v) is 10.5. The molecule has 1 atom stereocenters. The first-order valence-electron chi connectivity index (χ1n) is 6.93. The van der Waals surface area contributed by atoms with Crippen molar-refractivity contribution in [2.75, 3.05) is 26.2 Å². The number of nitrogens with one attached hydrogen (secondary N) is 1. The topological polar surface area (TPSA) is 52.6 Å². The van der Waals surface area contributed by atoms with Crippen molar-refractivity contribution in [1.82, 2.24) is 10.2 Å². The van der Waals surface area contributed by atoms with Gasteiger partial charge in [0.05, 0.1) is 13.2 Å². The van der Waals surface area contributed by atoms with Crippen LogP contribution in [0.5, 0.6) is 0 Å². The lowest BCUT2D eigenvalue weighted by Crippen LogP contribution is -2.42. The van der Waals surface area contributed by atoms with Crippen LogP contribution in [0.15, 0.2) is 0 Å². The van der Waals surface area contributed by atoms with Gasteiger partial charge in [-0.15, -0.1) is 0 Å².